The van der Waals surface area contributed by atoms with Gasteiger partial charge in [0.15, 0.2) is 0 Å². The summed E-state index contributed by atoms with van der Waals surface area (Å²) in [4.78, 5) is 25.7. The molecule has 0 aliphatic heterocycles. The van der Waals surface area contributed by atoms with Crippen LogP contribution in [0.4, 0.5) is 16.3 Å². The summed E-state index contributed by atoms with van der Waals surface area (Å²) in [5.74, 6) is 0.323. The molecule has 0 atom stereocenters. The third-order valence-electron chi connectivity index (χ3n) is 1.81. The highest BCUT2D eigenvalue weighted by atomic mass is 16.6. The molecule has 0 unspecified atom stereocenters. The highest BCUT2D eigenvalue weighted by molar-refractivity contribution is 5.83. The Labute approximate surface area is 99.4 Å². The van der Waals surface area contributed by atoms with E-state index in [4.69, 9.17) is 4.74 Å². The van der Waals surface area contributed by atoms with E-state index in [2.05, 4.69) is 15.5 Å². The van der Waals surface area contributed by atoms with Gasteiger partial charge in [-0.1, -0.05) is 0 Å². The van der Waals surface area contributed by atoms with Crippen LogP contribution in [0.15, 0.2) is 17.4 Å². The van der Waals surface area contributed by atoms with Crippen LogP contribution in [0.2, 0.25) is 0 Å². The van der Waals surface area contributed by atoms with Gasteiger partial charge in [-0.25, -0.2) is 9.78 Å². The average Bonchev–Trinajstić information content (AvgIpc) is 2.14. The van der Waals surface area contributed by atoms with Gasteiger partial charge >= 0.3 is 6.09 Å². The predicted octanol–water partition coefficient (Wildman–Crippen LogP) is 3.13. The zero-order chi connectivity index (χ0) is 13.1. The molecular weight excluding hydrogens is 222 g/mol. The van der Waals surface area contributed by atoms with Crippen molar-refractivity contribution in [1.29, 1.82) is 0 Å². The first-order valence-electron chi connectivity index (χ1n) is 5.12. The van der Waals surface area contributed by atoms with Gasteiger partial charge in [0.2, 0.25) is 0 Å². The predicted molar refractivity (Wildman–Crippen MR) is 64.3 cm³/mol. The molecule has 1 aromatic heterocycles. The Balaban J connectivity index is 2.73. The molecule has 1 rings (SSSR count). The monoisotopic (exact) mass is 237 g/mol. The maximum absolute atomic E-state index is 11.4. The summed E-state index contributed by atoms with van der Waals surface area (Å²) in [5, 5.41) is 5.27. The maximum atomic E-state index is 11.4. The van der Waals surface area contributed by atoms with Crippen molar-refractivity contribution in [2.24, 2.45) is 5.18 Å². The molecule has 1 N–H and O–H groups in total. The molecule has 6 nitrogen and oxygen atoms in total. The van der Waals surface area contributed by atoms with E-state index in [-0.39, 0.29) is 5.69 Å². The minimum atomic E-state index is -0.587. The van der Waals surface area contributed by atoms with Crippen LogP contribution in [-0.2, 0) is 4.74 Å². The van der Waals surface area contributed by atoms with Gasteiger partial charge in [-0.05, 0) is 44.5 Å². The molecule has 6 heteroatoms. The van der Waals surface area contributed by atoms with Gasteiger partial charge in [-0.2, -0.15) is 0 Å². The van der Waals surface area contributed by atoms with Crippen molar-refractivity contribution in [2.45, 2.75) is 33.3 Å². The number of aryl methyl sites for hydroxylation is 1. The number of ether oxygens (including phenoxy) is 1. The molecule has 1 heterocycles. The average molecular weight is 237 g/mol. The molecule has 0 radical (unpaired) electrons. The van der Waals surface area contributed by atoms with Crippen LogP contribution in [0.3, 0.4) is 0 Å². The van der Waals surface area contributed by atoms with Crippen LogP contribution < -0.4 is 5.32 Å². The van der Waals surface area contributed by atoms with Crippen molar-refractivity contribution in [3.05, 3.63) is 22.7 Å². The van der Waals surface area contributed by atoms with E-state index in [9.17, 15) is 9.70 Å². The zero-order valence-electron chi connectivity index (χ0n) is 10.3. The van der Waals surface area contributed by atoms with Crippen LogP contribution in [0.5, 0.6) is 0 Å². The second kappa shape index (κ2) is 4.90. The number of nitrogens with zero attached hydrogens (tertiary/aromatic N) is 2. The lowest BCUT2D eigenvalue weighted by Gasteiger charge is -2.19. The standard InChI is InChI=1S/C11H15N3O3/c1-7-5-9(12-6-8(7)14-16)13-10(15)17-11(2,3)4/h5-6H,1-4H3,(H,12,13,15). The van der Waals surface area contributed by atoms with Crippen molar-refractivity contribution in [3.63, 3.8) is 0 Å². The molecule has 17 heavy (non-hydrogen) atoms. The van der Waals surface area contributed by atoms with E-state index in [0.717, 1.165) is 0 Å². The Morgan fingerprint density at radius 1 is 1.47 bits per heavy atom. The molecule has 0 aromatic carbocycles. The molecule has 0 aliphatic carbocycles. The molecule has 0 aliphatic rings. The fraction of sp³-hybridized carbons (Fsp3) is 0.455. The van der Waals surface area contributed by atoms with E-state index < -0.39 is 11.7 Å². The first-order chi connectivity index (χ1) is 7.81. The number of amides is 1. The topological polar surface area (TPSA) is 80.7 Å². The Morgan fingerprint density at radius 2 is 2.12 bits per heavy atom. The van der Waals surface area contributed by atoms with Crippen molar-refractivity contribution in [2.75, 3.05) is 5.32 Å². The summed E-state index contributed by atoms with van der Waals surface area (Å²) < 4.78 is 5.06. The van der Waals surface area contributed by atoms with Crippen LogP contribution in [0.25, 0.3) is 0 Å². The third-order valence-corrected chi connectivity index (χ3v) is 1.81. The molecule has 1 aromatic rings. The maximum Gasteiger partial charge on any atom is 0.413 e. The van der Waals surface area contributed by atoms with E-state index in [1.54, 1.807) is 33.8 Å². The molecule has 92 valence electrons. The van der Waals surface area contributed by atoms with E-state index in [1.807, 2.05) is 0 Å². The normalized spacial score (nSPS) is 10.8. The minimum Gasteiger partial charge on any atom is -0.444 e. The highest BCUT2D eigenvalue weighted by Gasteiger charge is 2.16. The van der Waals surface area contributed by atoms with Gasteiger partial charge in [0.25, 0.3) is 0 Å². The third kappa shape index (κ3) is 4.18. The number of nitroso groups, excluding NO2 is 1. The van der Waals surface area contributed by atoms with Gasteiger partial charge in [0.1, 0.15) is 17.1 Å². The molecule has 0 fully saturated rings. The molecular formula is C11H15N3O3. The molecule has 1 amide bonds. The lowest BCUT2D eigenvalue weighted by molar-refractivity contribution is 0.0635. The summed E-state index contributed by atoms with van der Waals surface area (Å²) >= 11 is 0. The number of carbonyl (C=O) groups excluding carboxylic acids is 1. The molecule has 0 saturated heterocycles. The van der Waals surface area contributed by atoms with Crippen LogP contribution in [0.1, 0.15) is 26.3 Å². The quantitative estimate of drug-likeness (QED) is 0.801. The summed E-state index contributed by atoms with van der Waals surface area (Å²) in [5.41, 5.74) is 0.324. The molecule has 0 saturated carbocycles. The van der Waals surface area contributed by atoms with Crippen molar-refractivity contribution >= 4 is 17.6 Å². The zero-order valence-corrected chi connectivity index (χ0v) is 10.3. The smallest absolute Gasteiger partial charge is 0.413 e. The Kier molecular flexibility index (Phi) is 3.77. The number of aromatic nitrogens is 1. The number of hydrogen-bond donors (Lipinski definition) is 1. The fourth-order valence-electron chi connectivity index (χ4n) is 1.12. The van der Waals surface area contributed by atoms with E-state index >= 15 is 0 Å². The Morgan fingerprint density at radius 3 is 2.59 bits per heavy atom. The van der Waals surface area contributed by atoms with E-state index in [1.165, 1.54) is 6.20 Å². The number of hydrogen-bond acceptors (Lipinski definition) is 5. The number of pyridine rings is 1. The summed E-state index contributed by atoms with van der Waals surface area (Å²) in [6, 6.07) is 1.56. The van der Waals surface area contributed by atoms with Crippen LogP contribution >= 0.6 is 0 Å². The van der Waals surface area contributed by atoms with Crippen molar-refractivity contribution < 1.29 is 9.53 Å². The fourth-order valence-corrected chi connectivity index (χ4v) is 1.12. The van der Waals surface area contributed by atoms with Gasteiger partial charge in [0.05, 0.1) is 6.20 Å². The van der Waals surface area contributed by atoms with Gasteiger partial charge in [0, 0.05) is 0 Å². The van der Waals surface area contributed by atoms with Crippen LogP contribution in [-0.4, -0.2) is 16.7 Å². The van der Waals surface area contributed by atoms with Crippen molar-refractivity contribution in [1.82, 2.24) is 4.98 Å². The van der Waals surface area contributed by atoms with Crippen LogP contribution in [0, 0.1) is 11.8 Å². The Bertz CT molecular complexity index is 438. The minimum absolute atomic E-state index is 0.250. The largest absolute Gasteiger partial charge is 0.444 e. The van der Waals surface area contributed by atoms with Gasteiger partial charge in [-0.15, -0.1) is 4.91 Å². The van der Waals surface area contributed by atoms with Gasteiger partial charge in [-0.3, -0.25) is 5.32 Å². The molecule has 0 spiro atoms. The second-order valence-electron chi connectivity index (χ2n) is 4.57. The summed E-state index contributed by atoms with van der Waals surface area (Å²) in [6.07, 6.45) is 0.714. The van der Waals surface area contributed by atoms with Gasteiger partial charge < -0.3 is 4.74 Å². The summed E-state index contributed by atoms with van der Waals surface area (Å²) in [7, 11) is 0. The summed E-state index contributed by atoms with van der Waals surface area (Å²) in [6.45, 7) is 7.01. The Hall–Kier alpha value is -1.98. The van der Waals surface area contributed by atoms with E-state index in [0.29, 0.717) is 11.4 Å². The number of anilines is 1. The number of rotatable bonds is 2. The SMILES string of the molecule is Cc1cc(NC(=O)OC(C)(C)C)ncc1N=O. The second-order valence-corrected chi connectivity index (χ2v) is 4.57. The first kappa shape index (κ1) is 13.1. The number of carbonyl (C=O) groups is 1. The lowest BCUT2D eigenvalue weighted by Crippen LogP contribution is -2.27. The van der Waals surface area contributed by atoms with Crippen molar-refractivity contribution in [3.8, 4) is 0 Å². The lowest BCUT2D eigenvalue weighted by atomic mass is 10.2. The number of nitrogens with one attached hydrogen (secondary N) is 1. The highest BCUT2D eigenvalue weighted by Crippen LogP contribution is 2.19. The molecule has 0 bridgehead atoms. The first-order valence-corrected chi connectivity index (χ1v) is 5.12.